The first-order valence-electron chi connectivity index (χ1n) is 3.71. The van der Waals surface area contributed by atoms with Gasteiger partial charge >= 0.3 is 0 Å². The van der Waals surface area contributed by atoms with Crippen LogP contribution in [0.4, 0.5) is 0 Å². The van der Waals surface area contributed by atoms with Crippen LogP contribution in [0.2, 0.25) is 0 Å². The normalized spacial score (nSPS) is 20.9. The Kier molecular flexibility index (Phi) is 3.50. The van der Waals surface area contributed by atoms with Crippen molar-refractivity contribution < 1.29 is 0 Å². The zero-order valence-corrected chi connectivity index (χ0v) is 8.86. The minimum atomic E-state index is 0. The largest absolute Gasteiger partial charge is 0.310 e. The van der Waals surface area contributed by atoms with Crippen LogP contribution in [-0.2, 0) is 0 Å². The topological polar surface area (TPSA) is 24.9 Å². The summed E-state index contributed by atoms with van der Waals surface area (Å²) in [5, 5.41) is 3.33. The van der Waals surface area contributed by atoms with Gasteiger partial charge in [0.2, 0.25) is 0 Å². The Morgan fingerprint density at radius 2 is 2.25 bits per heavy atom. The maximum atomic E-state index is 4.16. The molecule has 1 aromatic rings. The molecule has 1 saturated heterocycles. The second-order valence-corrected chi connectivity index (χ2v) is 3.52. The molecule has 1 atom stereocenters. The fourth-order valence-corrected chi connectivity index (χ4v) is 1.40. The molecule has 1 N–H and O–H groups in total. The Labute approximate surface area is 86.3 Å². The van der Waals surface area contributed by atoms with E-state index in [0.717, 1.165) is 11.1 Å². The first-order valence-corrected chi connectivity index (χ1v) is 4.50. The van der Waals surface area contributed by atoms with Crippen LogP contribution in [0.25, 0.3) is 0 Å². The lowest BCUT2D eigenvalue weighted by atomic mass is 10.0. The number of pyridine rings is 1. The first kappa shape index (κ1) is 9.96. The van der Waals surface area contributed by atoms with Crippen molar-refractivity contribution in [1.82, 2.24) is 10.3 Å². The van der Waals surface area contributed by atoms with E-state index in [0.29, 0.717) is 6.04 Å². The van der Waals surface area contributed by atoms with Crippen molar-refractivity contribution in [2.24, 2.45) is 0 Å². The third-order valence-corrected chi connectivity index (χ3v) is 2.45. The summed E-state index contributed by atoms with van der Waals surface area (Å²) in [6.45, 7) is 1.14. The molecule has 66 valence electrons. The quantitative estimate of drug-likeness (QED) is 0.773. The number of hydrogen-bond acceptors (Lipinski definition) is 2. The Morgan fingerprint density at radius 3 is 2.67 bits per heavy atom. The molecule has 0 aliphatic carbocycles. The van der Waals surface area contributed by atoms with Crippen molar-refractivity contribution in [1.29, 1.82) is 0 Å². The molecule has 4 heteroatoms. The van der Waals surface area contributed by atoms with E-state index in [4.69, 9.17) is 0 Å². The smallest absolute Gasteiger partial charge is 0.106 e. The van der Waals surface area contributed by atoms with Crippen LogP contribution in [0.3, 0.4) is 0 Å². The van der Waals surface area contributed by atoms with E-state index >= 15 is 0 Å². The number of nitrogens with zero attached hydrogens (tertiary/aromatic N) is 1. The number of rotatable bonds is 1. The number of nitrogens with one attached hydrogen (secondary N) is 1. The van der Waals surface area contributed by atoms with E-state index in [1.807, 2.05) is 12.3 Å². The number of aromatic nitrogens is 1. The van der Waals surface area contributed by atoms with E-state index < -0.39 is 0 Å². The maximum absolute atomic E-state index is 4.16. The monoisotopic (exact) mass is 248 g/mol. The van der Waals surface area contributed by atoms with Crippen molar-refractivity contribution in [3.05, 3.63) is 28.5 Å². The van der Waals surface area contributed by atoms with Gasteiger partial charge < -0.3 is 5.32 Å². The summed E-state index contributed by atoms with van der Waals surface area (Å²) in [5.74, 6) is 0. The standard InChI is InChI=1S/C8H9BrN2.ClH/c9-8-2-1-6(5-11-8)7-3-4-10-7;/h1-2,5,7,10H,3-4H2;1H/t7-;/m0./s1. The molecule has 0 saturated carbocycles. The van der Waals surface area contributed by atoms with Crippen LogP contribution in [-0.4, -0.2) is 11.5 Å². The molecule has 1 fully saturated rings. The summed E-state index contributed by atoms with van der Waals surface area (Å²) in [5.41, 5.74) is 1.29. The lowest BCUT2D eigenvalue weighted by Gasteiger charge is -2.27. The fraction of sp³-hybridized carbons (Fsp3) is 0.375. The van der Waals surface area contributed by atoms with Crippen LogP contribution in [0.5, 0.6) is 0 Å². The highest BCUT2D eigenvalue weighted by Gasteiger charge is 2.17. The lowest BCUT2D eigenvalue weighted by Crippen LogP contribution is -2.34. The Morgan fingerprint density at radius 1 is 1.50 bits per heavy atom. The van der Waals surface area contributed by atoms with Gasteiger partial charge in [-0.3, -0.25) is 0 Å². The maximum Gasteiger partial charge on any atom is 0.106 e. The molecule has 1 aliphatic rings. The molecule has 2 nitrogen and oxygen atoms in total. The van der Waals surface area contributed by atoms with Crippen molar-refractivity contribution in [2.75, 3.05) is 6.54 Å². The van der Waals surface area contributed by atoms with E-state index in [9.17, 15) is 0 Å². The highest BCUT2D eigenvalue weighted by atomic mass is 79.9. The molecular weight excluding hydrogens is 239 g/mol. The van der Waals surface area contributed by atoms with Crippen LogP contribution in [0.15, 0.2) is 22.9 Å². The van der Waals surface area contributed by atoms with E-state index in [1.54, 1.807) is 0 Å². The zero-order chi connectivity index (χ0) is 7.68. The molecule has 2 heterocycles. The third kappa shape index (κ3) is 1.97. The number of halogens is 2. The van der Waals surface area contributed by atoms with Crippen LogP contribution < -0.4 is 5.32 Å². The summed E-state index contributed by atoms with van der Waals surface area (Å²) in [7, 11) is 0. The van der Waals surface area contributed by atoms with Gasteiger partial charge in [-0.05, 0) is 40.5 Å². The van der Waals surface area contributed by atoms with Gasteiger partial charge in [-0.1, -0.05) is 6.07 Å². The van der Waals surface area contributed by atoms with Gasteiger partial charge in [0.1, 0.15) is 4.60 Å². The Hall–Kier alpha value is -0.120. The minimum Gasteiger partial charge on any atom is -0.310 e. The predicted molar refractivity (Wildman–Crippen MR) is 54.5 cm³/mol. The van der Waals surface area contributed by atoms with Gasteiger partial charge in [0, 0.05) is 12.2 Å². The average Bonchev–Trinajstić information content (AvgIpc) is 1.90. The predicted octanol–water partition coefficient (Wildman–Crippen LogP) is 2.30. The molecule has 12 heavy (non-hydrogen) atoms. The highest BCUT2D eigenvalue weighted by molar-refractivity contribution is 9.10. The molecule has 1 aromatic heterocycles. The lowest BCUT2D eigenvalue weighted by molar-refractivity contribution is 0.382. The van der Waals surface area contributed by atoms with Gasteiger partial charge in [0.05, 0.1) is 0 Å². The first-order chi connectivity index (χ1) is 5.36. The average molecular weight is 250 g/mol. The molecule has 0 aromatic carbocycles. The minimum absolute atomic E-state index is 0. The summed E-state index contributed by atoms with van der Waals surface area (Å²) in [4.78, 5) is 4.16. The molecule has 0 spiro atoms. The van der Waals surface area contributed by atoms with Crippen molar-refractivity contribution in [3.63, 3.8) is 0 Å². The third-order valence-electron chi connectivity index (χ3n) is 1.98. The van der Waals surface area contributed by atoms with Gasteiger partial charge in [-0.15, -0.1) is 12.4 Å². The van der Waals surface area contributed by atoms with E-state index in [-0.39, 0.29) is 12.4 Å². The second kappa shape index (κ2) is 4.21. The Balaban J connectivity index is 0.000000720. The zero-order valence-electron chi connectivity index (χ0n) is 6.46. The molecule has 0 bridgehead atoms. The van der Waals surface area contributed by atoms with Gasteiger partial charge in [-0.2, -0.15) is 0 Å². The molecule has 0 radical (unpaired) electrons. The fourth-order valence-electron chi connectivity index (χ4n) is 1.17. The molecular formula is C8H10BrClN2. The molecule has 1 aliphatic heterocycles. The molecule has 2 rings (SSSR count). The highest BCUT2D eigenvalue weighted by Crippen LogP contribution is 2.22. The Bertz CT molecular complexity index is 246. The van der Waals surface area contributed by atoms with Crippen LogP contribution in [0, 0.1) is 0 Å². The van der Waals surface area contributed by atoms with Crippen molar-refractivity contribution in [3.8, 4) is 0 Å². The summed E-state index contributed by atoms with van der Waals surface area (Å²) < 4.78 is 0.903. The van der Waals surface area contributed by atoms with Gasteiger partial charge in [0.25, 0.3) is 0 Å². The summed E-state index contributed by atoms with van der Waals surface area (Å²) in [6.07, 6.45) is 3.16. The SMILES string of the molecule is Brc1ccc([C@@H]2CCN2)cn1.Cl. The van der Waals surface area contributed by atoms with Gasteiger partial charge in [-0.25, -0.2) is 4.98 Å². The van der Waals surface area contributed by atoms with E-state index in [1.165, 1.54) is 12.0 Å². The summed E-state index contributed by atoms with van der Waals surface area (Å²) in [6, 6.07) is 4.64. The second-order valence-electron chi connectivity index (χ2n) is 2.71. The summed E-state index contributed by atoms with van der Waals surface area (Å²) >= 11 is 3.30. The van der Waals surface area contributed by atoms with Crippen LogP contribution >= 0.6 is 28.3 Å². The van der Waals surface area contributed by atoms with Gasteiger partial charge in [0.15, 0.2) is 0 Å². The number of hydrogen-bond donors (Lipinski definition) is 1. The van der Waals surface area contributed by atoms with Crippen LogP contribution in [0.1, 0.15) is 18.0 Å². The van der Waals surface area contributed by atoms with E-state index in [2.05, 4.69) is 32.3 Å². The van der Waals surface area contributed by atoms with Crippen molar-refractivity contribution >= 4 is 28.3 Å². The molecule has 0 amide bonds. The van der Waals surface area contributed by atoms with Crippen molar-refractivity contribution in [2.45, 2.75) is 12.5 Å². The molecule has 0 unspecified atom stereocenters.